The molecule has 58 heavy (non-hydrogen) atoms. The molecule has 0 aromatic heterocycles. The van der Waals surface area contributed by atoms with Gasteiger partial charge in [-0.3, -0.25) is 12.2 Å². The topological polar surface area (TPSA) is 0 Å². The van der Waals surface area contributed by atoms with E-state index >= 15 is 0 Å². The summed E-state index contributed by atoms with van der Waals surface area (Å²) in [6.07, 6.45) is 22.1. The van der Waals surface area contributed by atoms with Crippen LogP contribution in [-0.4, -0.2) is 10.9 Å². The number of rotatable bonds is 8. The van der Waals surface area contributed by atoms with Crippen molar-refractivity contribution in [2.24, 2.45) is 23.7 Å². The summed E-state index contributed by atoms with van der Waals surface area (Å²) in [6.45, 7) is 18.7. The van der Waals surface area contributed by atoms with E-state index in [1.807, 2.05) is 83.1 Å². The molecule has 0 saturated carbocycles. The summed E-state index contributed by atoms with van der Waals surface area (Å²) in [5.74, 6) is 3.75. The van der Waals surface area contributed by atoms with E-state index in [1.54, 1.807) is 0 Å². The van der Waals surface area contributed by atoms with E-state index in [9.17, 15) is 0 Å². The molecule has 0 N–H and O–H groups in total. The summed E-state index contributed by atoms with van der Waals surface area (Å²) in [5, 5.41) is 0. The van der Waals surface area contributed by atoms with Crippen LogP contribution in [0.15, 0.2) is 121 Å². The van der Waals surface area contributed by atoms with Crippen LogP contribution in [0.2, 0.25) is 24.2 Å². The second-order valence-electron chi connectivity index (χ2n) is 16.4. The van der Waals surface area contributed by atoms with E-state index in [0.717, 1.165) is 49.4 Å². The molecule has 4 aromatic rings. The maximum atomic E-state index is 3.30. The third kappa shape index (κ3) is 21.9. The Labute approximate surface area is 397 Å². The van der Waals surface area contributed by atoms with Gasteiger partial charge in [0.25, 0.3) is 0 Å². The minimum Gasteiger partial charge on any atom is -1.00 e. The van der Waals surface area contributed by atoms with Crippen molar-refractivity contribution in [2.45, 2.75) is 105 Å². The predicted molar refractivity (Wildman–Crippen MR) is 240 cm³/mol. The second kappa shape index (κ2) is 31.5. The fourth-order valence-corrected chi connectivity index (χ4v) is 23.1. The normalized spacial score (nSPS) is 12.4. The summed E-state index contributed by atoms with van der Waals surface area (Å²) in [7, 11) is 0. The van der Waals surface area contributed by atoms with Crippen molar-refractivity contribution >= 4 is 10.9 Å². The number of hydrogen-bond acceptors (Lipinski definition) is 0. The Morgan fingerprint density at radius 2 is 0.810 bits per heavy atom. The molecular weight excluding hydrogens is 934 g/mol. The molecule has 0 aliphatic heterocycles. The van der Waals surface area contributed by atoms with Crippen LogP contribution in [0.1, 0.15) is 90.5 Å². The van der Waals surface area contributed by atoms with Gasteiger partial charge in [-0.25, -0.2) is 24.3 Å². The van der Waals surface area contributed by atoms with Gasteiger partial charge in [0.15, 0.2) is 0 Å². The van der Waals surface area contributed by atoms with Gasteiger partial charge < -0.3 is 24.8 Å². The molecule has 0 amide bonds. The predicted octanol–water partition coefficient (Wildman–Crippen LogP) is 8.41. The van der Waals surface area contributed by atoms with E-state index in [0.29, 0.717) is 0 Å². The Morgan fingerprint density at radius 1 is 0.483 bits per heavy atom. The zero-order chi connectivity index (χ0) is 40.7. The van der Waals surface area contributed by atoms with Crippen LogP contribution in [0.25, 0.3) is 22.3 Å². The van der Waals surface area contributed by atoms with Gasteiger partial charge in [0.05, 0.1) is 0 Å². The Morgan fingerprint density at radius 3 is 1.09 bits per heavy atom. The molecule has 4 aromatic carbocycles. The van der Waals surface area contributed by atoms with Gasteiger partial charge in [0, 0.05) is 0 Å². The molecule has 4 aliphatic rings. The first-order valence-corrected chi connectivity index (χ1v) is 31.9. The van der Waals surface area contributed by atoms with Gasteiger partial charge in [-0.05, 0) is 12.8 Å². The largest absolute Gasteiger partial charge is 1.00 e. The maximum Gasteiger partial charge on any atom is -0.0253 e. The van der Waals surface area contributed by atoms with Crippen molar-refractivity contribution in [1.29, 1.82) is 0 Å². The molecule has 304 valence electrons. The number of fused-ring (bicyclic) bond motifs is 6. The van der Waals surface area contributed by atoms with Gasteiger partial charge >= 0.3 is 161 Å². The molecule has 0 nitrogen and oxygen atoms in total. The van der Waals surface area contributed by atoms with E-state index in [-0.39, 0.29) is 35.7 Å². The number of halogens is 2. The van der Waals surface area contributed by atoms with Crippen LogP contribution in [0.3, 0.4) is 0 Å². The average molecular weight is 999 g/mol. The van der Waals surface area contributed by atoms with Gasteiger partial charge in [-0.15, -0.1) is 24.0 Å². The number of allylic oxidation sites excluding steroid dienone is 8. The molecule has 0 unspecified atom stereocenters. The van der Waals surface area contributed by atoms with E-state index < -0.39 is 0 Å². The molecule has 0 heterocycles. The molecule has 0 spiro atoms. The van der Waals surface area contributed by atoms with Crippen molar-refractivity contribution < 1.29 is 71.5 Å². The summed E-state index contributed by atoms with van der Waals surface area (Å²) in [4.78, 5) is 0. The van der Waals surface area contributed by atoms with Crippen LogP contribution in [0.5, 0.6) is 0 Å². The van der Waals surface area contributed by atoms with E-state index in [2.05, 4.69) is 165 Å². The summed E-state index contributed by atoms with van der Waals surface area (Å²) >= 11 is 3.66. The first-order chi connectivity index (χ1) is 26.9. The van der Waals surface area contributed by atoms with E-state index in [4.69, 9.17) is 0 Å². The number of hydrogen-bond donors (Lipinski definition) is 0. The van der Waals surface area contributed by atoms with Crippen LogP contribution in [0.4, 0.5) is 0 Å². The molecule has 0 atom stereocenters. The smallest absolute Gasteiger partial charge is 0.0253 e. The van der Waals surface area contributed by atoms with Gasteiger partial charge in [0.1, 0.15) is 0 Å². The van der Waals surface area contributed by atoms with Crippen LogP contribution in [-0.2, 0) is 59.5 Å². The quantitative estimate of drug-likeness (QED) is 0.106. The molecule has 4 aliphatic carbocycles. The zero-order valence-electron chi connectivity index (χ0n) is 36.3. The Kier molecular flexibility index (Phi) is 29.6. The van der Waals surface area contributed by atoms with Crippen molar-refractivity contribution in [1.82, 2.24) is 0 Å². The second-order valence-corrected chi connectivity index (χ2v) is 30.9. The molecule has 0 bridgehead atoms. The SMILES string of the molecule is CC(C)C[Si](=[Zr+2])CC(C)C.CC(C)C[Si](=[Zr+2])CC(C)C.[C-]1=CC=CC1.[C-]1=CC=CC1.[Cl-].[Cl-].[c-]1cccc2c1Cc1ccccc1-2.[c-]1cccc2c1Cc1ccccc1-2. The fourth-order valence-electron chi connectivity index (χ4n) is 6.81. The van der Waals surface area contributed by atoms with Gasteiger partial charge in [0.2, 0.25) is 0 Å². The van der Waals surface area contributed by atoms with Crippen LogP contribution >= 0.6 is 0 Å². The first kappa shape index (κ1) is 54.6. The Balaban J connectivity index is 0.000000357. The maximum absolute atomic E-state index is 3.30. The zero-order valence-corrected chi connectivity index (χ0v) is 44.7. The monoisotopic (exact) mass is 994 g/mol. The molecule has 0 saturated heterocycles. The van der Waals surface area contributed by atoms with Crippen LogP contribution < -0.4 is 24.8 Å². The van der Waals surface area contributed by atoms with Crippen molar-refractivity contribution in [2.75, 3.05) is 0 Å². The van der Waals surface area contributed by atoms with Gasteiger partial charge in [-0.1, -0.05) is 70.8 Å². The minimum absolute atomic E-state index is 0. The van der Waals surface area contributed by atoms with E-state index in [1.165, 1.54) is 68.7 Å². The Hall–Kier alpha value is -1.38. The van der Waals surface area contributed by atoms with Crippen LogP contribution in [0, 0.1) is 48.0 Å². The van der Waals surface area contributed by atoms with Crippen molar-refractivity contribution in [3.63, 3.8) is 0 Å². The van der Waals surface area contributed by atoms with Gasteiger partial charge in [-0.2, -0.15) is 71.8 Å². The standard InChI is InChI=1S/2C13H9.2C8H18Si.2C5H5.2ClH.2Zr/c2*1-3-7-12-10(5-1)9-11-6-2-4-8-13(11)12;2*1-7(2)5-9-6-8(3)4;2*1-2-4-5-3-1;;;;/h2*1-5,7-8H,9H2;2*7-8H,5-6H2,1-4H3;2*1-3H,4H2;2*1H;;/q2*-1;;;2*-1;;;2*+2/p-2. The number of benzene rings is 4. The molecule has 0 fully saturated rings. The molecular formula is C52H64Cl2Si2Zr2-2. The van der Waals surface area contributed by atoms with Crippen molar-refractivity contribution in [3.05, 3.63) is 168 Å². The minimum atomic E-state index is 0. The molecule has 0 radical (unpaired) electrons. The first-order valence-electron chi connectivity index (χ1n) is 20.7. The molecule has 8 rings (SSSR count). The molecule has 6 heteroatoms. The third-order valence-electron chi connectivity index (χ3n) is 9.02. The summed E-state index contributed by atoms with van der Waals surface area (Å²) in [5.41, 5.74) is 11.2. The third-order valence-corrected chi connectivity index (χ3v) is 20.3. The fraction of sp³-hybridized carbons (Fsp3) is 0.385. The average Bonchev–Trinajstić information content (AvgIpc) is 3.99. The summed E-state index contributed by atoms with van der Waals surface area (Å²) in [6, 6.07) is 42.3. The van der Waals surface area contributed by atoms with Crippen molar-refractivity contribution in [3.8, 4) is 22.3 Å². The Bertz CT molecular complexity index is 1650. The summed E-state index contributed by atoms with van der Waals surface area (Å²) < 4.78 is 0.